The van der Waals surface area contributed by atoms with Crippen molar-refractivity contribution in [1.82, 2.24) is 0 Å². The molecule has 2 aromatic rings. The van der Waals surface area contributed by atoms with Crippen LogP contribution in [0.5, 0.6) is 17.2 Å². The largest absolute Gasteiger partial charge is 0.493 e. The second-order valence-corrected chi connectivity index (χ2v) is 4.88. The first-order chi connectivity index (χ1) is 10.2. The number of ether oxygens (including phenoxy) is 3. The van der Waals surface area contributed by atoms with E-state index in [0.29, 0.717) is 23.0 Å². The molecule has 1 atom stereocenters. The maximum absolute atomic E-state index is 6.54. The zero-order valence-electron chi connectivity index (χ0n) is 12.6. The van der Waals surface area contributed by atoms with Gasteiger partial charge < -0.3 is 18.6 Å². The van der Waals surface area contributed by atoms with E-state index in [2.05, 4.69) is 0 Å². The van der Waals surface area contributed by atoms with Gasteiger partial charge in [0.25, 0.3) is 0 Å². The maximum atomic E-state index is 6.54. The van der Waals surface area contributed by atoms with Crippen LogP contribution in [0.4, 0.5) is 0 Å². The lowest BCUT2D eigenvalue weighted by molar-refractivity contribution is 0.322. The number of aryl methyl sites for hydroxylation is 1. The van der Waals surface area contributed by atoms with Gasteiger partial charge in [0.05, 0.1) is 21.3 Å². The van der Waals surface area contributed by atoms with Crippen LogP contribution in [0.1, 0.15) is 29.4 Å². The van der Waals surface area contributed by atoms with Gasteiger partial charge >= 0.3 is 0 Å². The Hall–Kier alpha value is -1.81. The maximum Gasteiger partial charge on any atom is 0.203 e. The summed E-state index contributed by atoms with van der Waals surface area (Å²) in [5, 5.41) is -0.458. The molecule has 0 aliphatic heterocycles. The Morgan fingerprint density at radius 2 is 1.71 bits per heavy atom. The summed E-state index contributed by atoms with van der Waals surface area (Å²) in [6.07, 6.45) is 0.826. The van der Waals surface area contributed by atoms with Crippen molar-refractivity contribution in [2.75, 3.05) is 21.3 Å². The predicted octanol–water partition coefficient (Wildman–Crippen LogP) is 4.20. The van der Waals surface area contributed by atoms with Crippen molar-refractivity contribution in [3.63, 3.8) is 0 Å². The van der Waals surface area contributed by atoms with E-state index in [1.54, 1.807) is 27.4 Å². The summed E-state index contributed by atoms with van der Waals surface area (Å²) in [5.74, 6) is 3.24. The smallest absolute Gasteiger partial charge is 0.203 e. The molecule has 0 amide bonds. The van der Waals surface area contributed by atoms with Gasteiger partial charge in [-0.05, 0) is 24.3 Å². The number of benzene rings is 1. The minimum absolute atomic E-state index is 0.458. The van der Waals surface area contributed by atoms with E-state index in [1.165, 1.54) is 0 Å². The van der Waals surface area contributed by atoms with Crippen LogP contribution in [0, 0.1) is 0 Å². The highest BCUT2D eigenvalue weighted by atomic mass is 35.5. The van der Waals surface area contributed by atoms with Gasteiger partial charge in [0.1, 0.15) is 16.9 Å². The summed E-state index contributed by atoms with van der Waals surface area (Å²) in [4.78, 5) is 0. The first-order valence-electron chi connectivity index (χ1n) is 6.67. The molecule has 21 heavy (non-hydrogen) atoms. The van der Waals surface area contributed by atoms with Crippen LogP contribution in [0.15, 0.2) is 28.7 Å². The molecule has 0 fully saturated rings. The molecule has 0 spiro atoms. The van der Waals surface area contributed by atoms with Gasteiger partial charge in [-0.15, -0.1) is 11.6 Å². The van der Waals surface area contributed by atoms with Crippen molar-refractivity contribution in [2.45, 2.75) is 18.7 Å². The molecule has 0 aliphatic rings. The Bertz CT molecular complexity index is 606. The molecule has 0 radical (unpaired) electrons. The number of rotatable bonds is 6. The molecule has 0 aliphatic carbocycles. The van der Waals surface area contributed by atoms with Gasteiger partial charge in [-0.1, -0.05) is 6.92 Å². The van der Waals surface area contributed by atoms with Crippen LogP contribution >= 0.6 is 11.6 Å². The third-order valence-electron chi connectivity index (χ3n) is 3.29. The summed E-state index contributed by atoms with van der Waals surface area (Å²) in [6, 6.07) is 7.46. The van der Waals surface area contributed by atoms with Crippen LogP contribution < -0.4 is 14.2 Å². The molecule has 1 aromatic heterocycles. The van der Waals surface area contributed by atoms with E-state index in [0.717, 1.165) is 17.7 Å². The van der Waals surface area contributed by atoms with E-state index < -0.39 is 5.38 Å². The number of alkyl halides is 1. The van der Waals surface area contributed by atoms with Crippen molar-refractivity contribution in [3.8, 4) is 17.2 Å². The molecule has 1 aromatic carbocycles. The molecule has 0 bridgehead atoms. The monoisotopic (exact) mass is 310 g/mol. The summed E-state index contributed by atoms with van der Waals surface area (Å²) < 4.78 is 21.8. The molecule has 0 saturated heterocycles. The summed E-state index contributed by atoms with van der Waals surface area (Å²) in [5.41, 5.74) is 0.772. The first kappa shape index (κ1) is 15.6. The molecule has 0 N–H and O–H groups in total. The fraction of sp³-hybridized carbons (Fsp3) is 0.375. The van der Waals surface area contributed by atoms with Gasteiger partial charge in [0.15, 0.2) is 11.5 Å². The Labute approximate surface area is 129 Å². The molecule has 0 saturated carbocycles. The molecule has 1 unspecified atom stereocenters. The number of hydrogen-bond acceptors (Lipinski definition) is 4. The van der Waals surface area contributed by atoms with Crippen molar-refractivity contribution >= 4 is 11.6 Å². The molecular formula is C16H19ClO4. The van der Waals surface area contributed by atoms with Gasteiger partial charge in [0, 0.05) is 12.0 Å². The molecule has 2 rings (SSSR count). The minimum atomic E-state index is -0.458. The number of furan rings is 1. The van der Waals surface area contributed by atoms with Crippen LogP contribution in [0.2, 0.25) is 0 Å². The third-order valence-corrected chi connectivity index (χ3v) is 3.74. The lowest BCUT2D eigenvalue weighted by Crippen LogP contribution is -2.01. The molecular weight excluding hydrogens is 292 g/mol. The average molecular weight is 311 g/mol. The van der Waals surface area contributed by atoms with Crippen molar-refractivity contribution in [1.29, 1.82) is 0 Å². The van der Waals surface area contributed by atoms with Crippen molar-refractivity contribution < 1.29 is 18.6 Å². The minimum Gasteiger partial charge on any atom is -0.493 e. The topological polar surface area (TPSA) is 40.8 Å². The first-order valence-corrected chi connectivity index (χ1v) is 7.11. The van der Waals surface area contributed by atoms with Crippen molar-refractivity contribution in [2.24, 2.45) is 0 Å². The highest BCUT2D eigenvalue weighted by Crippen LogP contribution is 2.45. The lowest BCUT2D eigenvalue weighted by atomic mass is 10.1. The second kappa shape index (κ2) is 6.76. The Balaban J connectivity index is 2.47. The number of methoxy groups -OCH3 is 3. The highest BCUT2D eigenvalue weighted by Gasteiger charge is 2.24. The van der Waals surface area contributed by atoms with E-state index in [-0.39, 0.29) is 0 Å². The SMILES string of the molecule is CCc1ccc(C(Cl)c2ccc(OC)c(OC)c2OC)o1. The average Bonchev–Trinajstić information content (AvgIpc) is 3.01. The van der Waals surface area contributed by atoms with Crippen LogP contribution in [0.25, 0.3) is 0 Å². The summed E-state index contributed by atoms with van der Waals surface area (Å²) in [6.45, 7) is 2.03. The fourth-order valence-electron chi connectivity index (χ4n) is 2.20. The highest BCUT2D eigenvalue weighted by molar-refractivity contribution is 6.22. The van der Waals surface area contributed by atoms with E-state index in [1.807, 2.05) is 25.1 Å². The second-order valence-electron chi connectivity index (χ2n) is 4.44. The Morgan fingerprint density at radius 1 is 1.00 bits per heavy atom. The van der Waals surface area contributed by atoms with E-state index >= 15 is 0 Å². The van der Waals surface area contributed by atoms with Crippen LogP contribution in [0.3, 0.4) is 0 Å². The molecule has 114 valence electrons. The van der Waals surface area contributed by atoms with E-state index in [4.69, 9.17) is 30.2 Å². The molecule has 5 heteroatoms. The van der Waals surface area contributed by atoms with Gasteiger partial charge in [-0.3, -0.25) is 0 Å². The van der Waals surface area contributed by atoms with Crippen molar-refractivity contribution in [3.05, 3.63) is 41.3 Å². The van der Waals surface area contributed by atoms with Crippen LogP contribution in [-0.4, -0.2) is 21.3 Å². The molecule has 1 heterocycles. The van der Waals surface area contributed by atoms with Gasteiger partial charge in [0.2, 0.25) is 5.75 Å². The number of hydrogen-bond donors (Lipinski definition) is 0. The van der Waals surface area contributed by atoms with Gasteiger partial charge in [-0.25, -0.2) is 0 Å². The normalized spacial score (nSPS) is 12.0. The third kappa shape index (κ3) is 2.95. The fourth-order valence-corrected chi connectivity index (χ4v) is 2.49. The standard InChI is InChI=1S/C16H19ClO4/c1-5-10-6-8-12(21-10)14(17)11-7-9-13(18-2)16(20-4)15(11)19-3/h6-9,14H,5H2,1-4H3. The predicted molar refractivity (Wildman–Crippen MR) is 81.9 cm³/mol. The molecule has 4 nitrogen and oxygen atoms in total. The summed E-state index contributed by atoms with van der Waals surface area (Å²) >= 11 is 6.54. The Kier molecular flexibility index (Phi) is 5.02. The van der Waals surface area contributed by atoms with Crippen LogP contribution in [-0.2, 0) is 6.42 Å². The summed E-state index contributed by atoms with van der Waals surface area (Å²) in [7, 11) is 4.72. The Morgan fingerprint density at radius 3 is 2.24 bits per heavy atom. The quantitative estimate of drug-likeness (QED) is 0.750. The van der Waals surface area contributed by atoms with Gasteiger partial charge in [-0.2, -0.15) is 0 Å². The number of halogens is 1. The zero-order valence-corrected chi connectivity index (χ0v) is 13.4. The lowest BCUT2D eigenvalue weighted by Gasteiger charge is -2.17. The zero-order chi connectivity index (χ0) is 15.4. The van der Waals surface area contributed by atoms with E-state index in [9.17, 15) is 0 Å².